The molecule has 7 nitrogen and oxygen atoms in total. The molecule has 4 amide bonds. The first-order valence-corrected chi connectivity index (χ1v) is 11.8. The lowest BCUT2D eigenvalue weighted by molar-refractivity contribution is -0.141. The number of rotatable bonds is 5. The molecule has 1 aliphatic carbocycles. The van der Waals surface area contributed by atoms with Gasteiger partial charge in [0.05, 0.1) is 6.10 Å². The number of thioether (sulfide) groups is 1. The minimum Gasteiger partial charge on any atom is -0.376 e. The molecule has 1 saturated carbocycles. The van der Waals surface area contributed by atoms with E-state index in [9.17, 15) is 14.4 Å². The summed E-state index contributed by atoms with van der Waals surface area (Å²) in [7, 11) is 0. The summed E-state index contributed by atoms with van der Waals surface area (Å²) in [5.41, 5.74) is -0.785. The highest BCUT2D eigenvalue weighted by Gasteiger charge is 2.52. The molecule has 8 heteroatoms. The summed E-state index contributed by atoms with van der Waals surface area (Å²) in [6.45, 7) is 3.34. The van der Waals surface area contributed by atoms with Crippen molar-refractivity contribution in [3.8, 4) is 0 Å². The van der Waals surface area contributed by atoms with Crippen LogP contribution in [-0.4, -0.2) is 76.5 Å². The summed E-state index contributed by atoms with van der Waals surface area (Å²) >= 11 is 1.85. The van der Waals surface area contributed by atoms with Gasteiger partial charge in [-0.2, -0.15) is 11.8 Å². The van der Waals surface area contributed by atoms with Crippen molar-refractivity contribution in [3.05, 3.63) is 0 Å². The average Bonchev–Trinajstić information content (AvgIpc) is 3.42. The number of hydrogen-bond acceptors (Lipinski definition) is 5. The molecule has 2 unspecified atom stereocenters. The third-order valence-corrected chi connectivity index (χ3v) is 7.90. The van der Waals surface area contributed by atoms with Crippen LogP contribution in [0.5, 0.6) is 0 Å². The van der Waals surface area contributed by atoms with Crippen LogP contribution in [0.25, 0.3) is 0 Å². The van der Waals surface area contributed by atoms with E-state index in [0.717, 1.165) is 55.1 Å². The van der Waals surface area contributed by atoms with Gasteiger partial charge in [0, 0.05) is 24.9 Å². The molecule has 0 radical (unpaired) electrons. The molecule has 2 atom stereocenters. The number of carbonyl (C=O) groups is 3. The van der Waals surface area contributed by atoms with E-state index in [0.29, 0.717) is 25.3 Å². The molecule has 156 valence electrons. The number of nitrogens with one attached hydrogen (secondary N) is 1. The third kappa shape index (κ3) is 3.90. The van der Waals surface area contributed by atoms with E-state index in [1.54, 1.807) is 0 Å². The minimum atomic E-state index is -0.785. The highest BCUT2D eigenvalue weighted by molar-refractivity contribution is 7.99. The summed E-state index contributed by atoms with van der Waals surface area (Å²) in [5.74, 6) is 2.20. The highest BCUT2D eigenvalue weighted by atomic mass is 32.2. The van der Waals surface area contributed by atoms with Crippen molar-refractivity contribution in [1.29, 1.82) is 0 Å². The van der Waals surface area contributed by atoms with Gasteiger partial charge in [0.15, 0.2) is 0 Å². The summed E-state index contributed by atoms with van der Waals surface area (Å²) in [5, 5.41) is 2.91. The van der Waals surface area contributed by atoms with Crippen LogP contribution >= 0.6 is 11.8 Å². The zero-order valence-electron chi connectivity index (χ0n) is 16.7. The summed E-state index contributed by atoms with van der Waals surface area (Å²) < 4.78 is 5.74. The van der Waals surface area contributed by atoms with Crippen LogP contribution in [0, 0.1) is 5.92 Å². The van der Waals surface area contributed by atoms with E-state index in [1.807, 2.05) is 16.7 Å². The number of urea groups is 1. The number of ether oxygens (including phenoxy) is 1. The zero-order valence-corrected chi connectivity index (χ0v) is 17.5. The molecule has 3 saturated heterocycles. The summed E-state index contributed by atoms with van der Waals surface area (Å²) in [6, 6.07) is -0.238. The van der Waals surface area contributed by atoms with Crippen molar-refractivity contribution in [2.45, 2.75) is 69.6 Å². The monoisotopic (exact) mass is 409 g/mol. The maximum atomic E-state index is 13.2. The normalized spacial score (nSPS) is 35.6. The Kier molecular flexibility index (Phi) is 5.88. The van der Waals surface area contributed by atoms with Crippen molar-refractivity contribution in [2.24, 2.45) is 5.92 Å². The second-order valence-electron chi connectivity index (χ2n) is 8.78. The van der Waals surface area contributed by atoms with E-state index in [2.05, 4.69) is 12.2 Å². The van der Waals surface area contributed by atoms with Crippen molar-refractivity contribution in [3.63, 3.8) is 0 Å². The fourth-order valence-electron chi connectivity index (χ4n) is 4.87. The van der Waals surface area contributed by atoms with Crippen LogP contribution in [0.2, 0.25) is 0 Å². The first kappa shape index (κ1) is 20.0. The molecule has 3 heterocycles. The van der Waals surface area contributed by atoms with Gasteiger partial charge in [-0.15, -0.1) is 0 Å². The van der Waals surface area contributed by atoms with E-state index in [4.69, 9.17) is 4.74 Å². The van der Waals surface area contributed by atoms with Crippen LogP contribution in [0.3, 0.4) is 0 Å². The third-order valence-electron chi connectivity index (χ3n) is 6.76. The average molecular weight is 410 g/mol. The Balaban J connectivity index is 1.44. The molecule has 28 heavy (non-hydrogen) atoms. The highest BCUT2D eigenvalue weighted by Crippen LogP contribution is 2.36. The summed E-state index contributed by atoms with van der Waals surface area (Å²) in [4.78, 5) is 41.8. The smallest absolute Gasteiger partial charge is 0.325 e. The molecule has 1 N–H and O–H groups in total. The molecule has 0 bridgehead atoms. The van der Waals surface area contributed by atoms with E-state index in [1.165, 1.54) is 0 Å². The zero-order chi connectivity index (χ0) is 19.7. The number of carbonyl (C=O) groups excluding carboxylic acids is 3. The van der Waals surface area contributed by atoms with Gasteiger partial charge in [0.2, 0.25) is 5.91 Å². The Morgan fingerprint density at radius 2 is 2.07 bits per heavy atom. The second-order valence-corrected chi connectivity index (χ2v) is 9.93. The standard InChI is InChI=1S/C20H31N3O4S/c1-14-4-7-20(8-5-14)18(25)23(19(26)21-20)12-17(24)22(15-6-10-28-13-15)11-16-3-2-9-27-16/h14-16H,2-13H2,1H3,(H,21,26). The predicted octanol–water partition coefficient (Wildman–Crippen LogP) is 2.00. The molecular weight excluding hydrogens is 378 g/mol. The van der Waals surface area contributed by atoms with Crippen molar-refractivity contribution < 1.29 is 19.1 Å². The Morgan fingerprint density at radius 3 is 2.71 bits per heavy atom. The molecule has 0 aromatic rings. The topological polar surface area (TPSA) is 79.0 Å². The first-order valence-electron chi connectivity index (χ1n) is 10.6. The van der Waals surface area contributed by atoms with Crippen LogP contribution in [0.4, 0.5) is 4.79 Å². The molecule has 0 aromatic carbocycles. The number of amides is 4. The molecule has 4 rings (SSSR count). The SMILES string of the molecule is CC1CCC2(CC1)NC(=O)N(CC(=O)N(CC1CCCO1)C1CCSC1)C2=O. The fourth-order valence-corrected chi connectivity index (χ4v) is 6.09. The maximum absolute atomic E-state index is 13.2. The number of hydrogen-bond donors (Lipinski definition) is 1. The lowest BCUT2D eigenvalue weighted by Gasteiger charge is -2.34. The maximum Gasteiger partial charge on any atom is 0.325 e. The van der Waals surface area contributed by atoms with Crippen LogP contribution in [0.1, 0.15) is 51.9 Å². The quantitative estimate of drug-likeness (QED) is 0.703. The van der Waals surface area contributed by atoms with Gasteiger partial charge < -0.3 is 15.0 Å². The van der Waals surface area contributed by atoms with E-state index >= 15 is 0 Å². The molecule has 0 aromatic heterocycles. The van der Waals surface area contributed by atoms with Crippen LogP contribution < -0.4 is 5.32 Å². The van der Waals surface area contributed by atoms with Crippen LogP contribution in [0.15, 0.2) is 0 Å². The van der Waals surface area contributed by atoms with Crippen LogP contribution in [-0.2, 0) is 14.3 Å². The van der Waals surface area contributed by atoms with Crippen molar-refractivity contribution in [2.75, 3.05) is 31.2 Å². The van der Waals surface area contributed by atoms with Gasteiger partial charge in [-0.1, -0.05) is 6.92 Å². The van der Waals surface area contributed by atoms with Gasteiger partial charge in [0.1, 0.15) is 12.1 Å². The van der Waals surface area contributed by atoms with Gasteiger partial charge in [-0.3, -0.25) is 14.5 Å². The molecular formula is C20H31N3O4S. The van der Waals surface area contributed by atoms with E-state index in [-0.39, 0.29) is 30.5 Å². The van der Waals surface area contributed by atoms with Gasteiger partial charge >= 0.3 is 6.03 Å². The second kappa shape index (κ2) is 8.22. The van der Waals surface area contributed by atoms with E-state index < -0.39 is 11.6 Å². The largest absolute Gasteiger partial charge is 0.376 e. The minimum absolute atomic E-state index is 0.0730. The lowest BCUT2D eigenvalue weighted by Crippen LogP contribution is -2.51. The molecule has 1 spiro atoms. The fraction of sp³-hybridized carbons (Fsp3) is 0.850. The van der Waals surface area contributed by atoms with Gasteiger partial charge in [0.25, 0.3) is 5.91 Å². The lowest BCUT2D eigenvalue weighted by atomic mass is 9.77. The summed E-state index contributed by atoms with van der Waals surface area (Å²) in [6.07, 6.45) is 6.23. The molecule has 3 aliphatic heterocycles. The number of nitrogens with zero attached hydrogens (tertiary/aromatic N) is 2. The Hall–Kier alpha value is -1.28. The Labute approximate surface area is 170 Å². The number of imide groups is 1. The predicted molar refractivity (Wildman–Crippen MR) is 107 cm³/mol. The molecule has 4 fully saturated rings. The van der Waals surface area contributed by atoms with Crippen molar-refractivity contribution >= 4 is 29.6 Å². The van der Waals surface area contributed by atoms with Crippen molar-refractivity contribution in [1.82, 2.24) is 15.1 Å². The Morgan fingerprint density at radius 1 is 1.29 bits per heavy atom. The first-order chi connectivity index (χ1) is 13.5. The Bertz CT molecular complexity index is 623. The van der Waals surface area contributed by atoms with Gasteiger partial charge in [-0.25, -0.2) is 4.79 Å². The molecule has 4 aliphatic rings. The van der Waals surface area contributed by atoms with Gasteiger partial charge in [-0.05, 0) is 56.6 Å².